The van der Waals surface area contributed by atoms with Crippen LogP contribution in [0.1, 0.15) is 10.4 Å². The summed E-state index contributed by atoms with van der Waals surface area (Å²) in [7, 11) is 0. The molecule has 0 fully saturated rings. The van der Waals surface area contributed by atoms with Gasteiger partial charge in [-0.25, -0.2) is 4.39 Å². The number of benzene rings is 2. The Morgan fingerprint density at radius 3 is 2.65 bits per heavy atom. The van der Waals surface area contributed by atoms with Crippen molar-refractivity contribution in [2.24, 2.45) is 0 Å². The Morgan fingerprint density at radius 2 is 1.95 bits per heavy atom. The highest BCUT2D eigenvalue weighted by atomic mass is 35.5. The Kier molecular flexibility index (Phi) is 4.91. The molecule has 2 nitrogen and oxygen atoms in total. The van der Waals surface area contributed by atoms with Crippen molar-refractivity contribution in [3.8, 4) is 0 Å². The van der Waals surface area contributed by atoms with E-state index in [4.69, 9.17) is 23.2 Å². The molecular weight excluding hydrogens is 320 g/mol. The van der Waals surface area contributed by atoms with Crippen molar-refractivity contribution in [2.45, 2.75) is 4.90 Å². The molecule has 6 heteroatoms. The van der Waals surface area contributed by atoms with E-state index in [9.17, 15) is 9.18 Å². The summed E-state index contributed by atoms with van der Waals surface area (Å²) in [5.41, 5.74) is 0.663. The summed E-state index contributed by atoms with van der Waals surface area (Å²) in [5.74, 6) is -1.16. The van der Waals surface area contributed by atoms with E-state index in [-0.39, 0.29) is 15.6 Å². The average Bonchev–Trinajstić information content (AvgIpc) is 2.43. The zero-order valence-electron chi connectivity index (χ0n) is 10.4. The fourth-order valence-electron chi connectivity index (χ4n) is 1.60. The van der Waals surface area contributed by atoms with Crippen molar-refractivity contribution in [2.75, 3.05) is 11.6 Å². The molecule has 2 aromatic carbocycles. The van der Waals surface area contributed by atoms with Crippen LogP contribution in [-0.2, 0) is 0 Å². The van der Waals surface area contributed by atoms with Gasteiger partial charge in [-0.3, -0.25) is 4.79 Å². The number of amides is 1. The molecule has 1 N–H and O–H groups in total. The molecule has 0 radical (unpaired) electrons. The maximum Gasteiger partial charge on any atom is 0.257 e. The number of hydrogen-bond donors (Lipinski definition) is 1. The van der Waals surface area contributed by atoms with Crippen LogP contribution in [0.3, 0.4) is 0 Å². The standard InChI is InChI=1S/C14H10Cl2FNOS/c1-20-9-4-2-3-8(5-9)18-14(19)10-6-13(17)12(16)7-11(10)15/h2-7H,1H3,(H,18,19). The van der Waals surface area contributed by atoms with Crippen LogP contribution < -0.4 is 5.32 Å². The first-order valence-electron chi connectivity index (χ1n) is 5.61. The molecule has 0 unspecified atom stereocenters. The van der Waals surface area contributed by atoms with Gasteiger partial charge in [0.15, 0.2) is 0 Å². The van der Waals surface area contributed by atoms with Gasteiger partial charge in [0.25, 0.3) is 5.91 Å². The summed E-state index contributed by atoms with van der Waals surface area (Å²) in [6.07, 6.45) is 1.94. The molecule has 0 bridgehead atoms. The summed E-state index contributed by atoms with van der Waals surface area (Å²) in [6, 6.07) is 9.56. The topological polar surface area (TPSA) is 29.1 Å². The second kappa shape index (κ2) is 6.48. The van der Waals surface area contributed by atoms with Crippen molar-refractivity contribution < 1.29 is 9.18 Å². The molecule has 0 atom stereocenters. The first kappa shape index (κ1) is 15.2. The maximum absolute atomic E-state index is 13.4. The molecule has 0 aliphatic heterocycles. The van der Waals surface area contributed by atoms with E-state index in [1.807, 2.05) is 24.5 Å². The Hall–Kier alpha value is -1.23. The largest absolute Gasteiger partial charge is 0.322 e. The zero-order valence-corrected chi connectivity index (χ0v) is 12.7. The first-order chi connectivity index (χ1) is 9.51. The van der Waals surface area contributed by atoms with Crippen molar-refractivity contribution in [3.63, 3.8) is 0 Å². The summed E-state index contributed by atoms with van der Waals surface area (Å²) in [5, 5.41) is 2.67. The van der Waals surface area contributed by atoms with Gasteiger partial charge in [-0.15, -0.1) is 11.8 Å². The third-order valence-corrected chi connectivity index (χ3v) is 3.91. The molecule has 0 aromatic heterocycles. The lowest BCUT2D eigenvalue weighted by Crippen LogP contribution is -2.13. The molecule has 2 rings (SSSR count). The predicted molar refractivity (Wildman–Crippen MR) is 82.6 cm³/mol. The van der Waals surface area contributed by atoms with Crippen LogP contribution in [0, 0.1) is 5.82 Å². The van der Waals surface area contributed by atoms with Crippen LogP contribution >= 0.6 is 35.0 Å². The number of hydrogen-bond acceptors (Lipinski definition) is 2. The van der Waals surface area contributed by atoms with E-state index in [0.29, 0.717) is 5.69 Å². The van der Waals surface area contributed by atoms with Crippen molar-refractivity contribution in [1.29, 1.82) is 0 Å². The number of nitrogens with one attached hydrogen (secondary N) is 1. The Labute approximate surface area is 130 Å². The van der Waals surface area contributed by atoms with Gasteiger partial charge in [0.1, 0.15) is 5.82 Å². The van der Waals surface area contributed by atoms with Gasteiger partial charge in [0.2, 0.25) is 0 Å². The first-order valence-corrected chi connectivity index (χ1v) is 7.59. The fraction of sp³-hybridized carbons (Fsp3) is 0.0714. The predicted octanol–water partition coefficient (Wildman–Crippen LogP) is 5.11. The van der Waals surface area contributed by atoms with Gasteiger partial charge >= 0.3 is 0 Å². The van der Waals surface area contributed by atoms with E-state index in [0.717, 1.165) is 11.0 Å². The van der Waals surface area contributed by atoms with Gasteiger partial charge in [0, 0.05) is 10.6 Å². The highest BCUT2D eigenvalue weighted by molar-refractivity contribution is 7.98. The Balaban J connectivity index is 2.26. The van der Waals surface area contributed by atoms with Crippen LogP contribution in [0.4, 0.5) is 10.1 Å². The van der Waals surface area contributed by atoms with E-state index < -0.39 is 11.7 Å². The smallest absolute Gasteiger partial charge is 0.257 e. The minimum Gasteiger partial charge on any atom is -0.322 e. The minimum absolute atomic E-state index is 0.0446. The molecule has 2 aromatic rings. The van der Waals surface area contributed by atoms with Crippen LogP contribution in [-0.4, -0.2) is 12.2 Å². The second-order valence-electron chi connectivity index (χ2n) is 3.93. The maximum atomic E-state index is 13.4. The van der Waals surface area contributed by atoms with Gasteiger partial charge in [-0.05, 0) is 36.6 Å². The van der Waals surface area contributed by atoms with E-state index in [1.54, 1.807) is 17.8 Å². The highest BCUT2D eigenvalue weighted by Crippen LogP contribution is 2.25. The van der Waals surface area contributed by atoms with E-state index in [2.05, 4.69) is 5.32 Å². The quantitative estimate of drug-likeness (QED) is 0.626. The molecule has 0 aliphatic rings. The summed E-state index contributed by atoms with van der Waals surface area (Å²) in [4.78, 5) is 13.1. The lowest BCUT2D eigenvalue weighted by Gasteiger charge is -2.08. The molecule has 0 heterocycles. The number of halogens is 3. The monoisotopic (exact) mass is 329 g/mol. The minimum atomic E-state index is -0.681. The number of rotatable bonds is 3. The Morgan fingerprint density at radius 1 is 1.20 bits per heavy atom. The molecule has 0 saturated carbocycles. The lowest BCUT2D eigenvalue weighted by molar-refractivity contribution is 0.102. The average molecular weight is 330 g/mol. The van der Waals surface area contributed by atoms with E-state index >= 15 is 0 Å². The van der Waals surface area contributed by atoms with Gasteiger partial charge < -0.3 is 5.32 Å². The second-order valence-corrected chi connectivity index (χ2v) is 5.63. The molecule has 104 valence electrons. The van der Waals surface area contributed by atoms with E-state index in [1.165, 1.54) is 6.07 Å². The van der Waals surface area contributed by atoms with Gasteiger partial charge in [0.05, 0.1) is 15.6 Å². The van der Waals surface area contributed by atoms with Crippen LogP contribution in [0.2, 0.25) is 10.0 Å². The van der Waals surface area contributed by atoms with Gasteiger partial charge in [-0.1, -0.05) is 29.3 Å². The number of anilines is 1. The molecule has 0 saturated heterocycles. The van der Waals surface area contributed by atoms with Crippen molar-refractivity contribution in [1.82, 2.24) is 0 Å². The lowest BCUT2D eigenvalue weighted by atomic mass is 10.2. The molecule has 1 amide bonds. The third kappa shape index (κ3) is 3.45. The fourth-order valence-corrected chi connectivity index (χ4v) is 2.52. The number of carbonyl (C=O) groups is 1. The zero-order chi connectivity index (χ0) is 14.7. The van der Waals surface area contributed by atoms with Crippen LogP contribution in [0.15, 0.2) is 41.3 Å². The SMILES string of the molecule is CSc1cccc(NC(=O)c2cc(F)c(Cl)cc2Cl)c1. The Bertz CT molecular complexity index is 664. The molecule has 0 spiro atoms. The molecule has 0 aliphatic carbocycles. The summed E-state index contributed by atoms with van der Waals surface area (Å²) in [6.45, 7) is 0. The third-order valence-electron chi connectivity index (χ3n) is 2.58. The van der Waals surface area contributed by atoms with Crippen LogP contribution in [0.25, 0.3) is 0 Å². The highest BCUT2D eigenvalue weighted by Gasteiger charge is 2.14. The van der Waals surface area contributed by atoms with Gasteiger partial charge in [-0.2, -0.15) is 0 Å². The molecular formula is C14H10Cl2FNOS. The van der Waals surface area contributed by atoms with Crippen LogP contribution in [0.5, 0.6) is 0 Å². The summed E-state index contributed by atoms with van der Waals surface area (Å²) >= 11 is 13.1. The van der Waals surface area contributed by atoms with Crippen molar-refractivity contribution in [3.05, 3.63) is 57.8 Å². The summed E-state index contributed by atoms with van der Waals surface area (Å²) < 4.78 is 13.4. The number of thioether (sulfide) groups is 1. The van der Waals surface area contributed by atoms with Crippen molar-refractivity contribution >= 4 is 46.6 Å². The number of carbonyl (C=O) groups excluding carboxylic acids is 1. The molecule has 20 heavy (non-hydrogen) atoms. The normalized spacial score (nSPS) is 10.4.